The minimum Gasteiger partial charge on any atom is -0.302 e. The standard InChI is InChI=1S/C13H14FNO2/c1-7(2)6-15-11-9(12(16)13(15)17)4-8(3)5-10(11)14/h4-5,7H,6H2,1-3H3. The molecule has 0 fully saturated rings. The average Bonchev–Trinajstić information content (AvgIpc) is 2.43. The zero-order valence-electron chi connectivity index (χ0n) is 10.1. The number of fused-ring (bicyclic) bond motifs is 1. The number of anilines is 1. The molecule has 0 spiro atoms. The summed E-state index contributed by atoms with van der Waals surface area (Å²) in [5.74, 6) is -1.56. The van der Waals surface area contributed by atoms with Gasteiger partial charge in [-0.25, -0.2) is 4.39 Å². The van der Waals surface area contributed by atoms with Crippen molar-refractivity contribution < 1.29 is 14.0 Å². The summed E-state index contributed by atoms with van der Waals surface area (Å²) in [6, 6.07) is 2.91. The van der Waals surface area contributed by atoms with Crippen molar-refractivity contribution in [1.82, 2.24) is 0 Å². The van der Waals surface area contributed by atoms with Crippen LogP contribution in [0.1, 0.15) is 29.8 Å². The highest BCUT2D eigenvalue weighted by molar-refractivity contribution is 6.52. The first-order chi connectivity index (χ1) is 7.91. The topological polar surface area (TPSA) is 37.4 Å². The molecule has 1 amide bonds. The Labute approximate surface area is 99.2 Å². The highest BCUT2D eigenvalue weighted by Crippen LogP contribution is 2.33. The van der Waals surface area contributed by atoms with Crippen LogP contribution in [0, 0.1) is 18.7 Å². The molecule has 0 saturated carbocycles. The van der Waals surface area contributed by atoms with Crippen molar-refractivity contribution in [3.05, 3.63) is 29.1 Å². The molecule has 0 radical (unpaired) electrons. The smallest absolute Gasteiger partial charge is 0.299 e. The fourth-order valence-corrected chi connectivity index (χ4v) is 2.06. The van der Waals surface area contributed by atoms with Crippen molar-refractivity contribution >= 4 is 17.4 Å². The third kappa shape index (κ3) is 1.84. The second-order valence-corrected chi connectivity index (χ2v) is 4.78. The van der Waals surface area contributed by atoms with Crippen molar-refractivity contribution in [2.24, 2.45) is 5.92 Å². The van der Waals surface area contributed by atoms with Crippen LogP contribution in [-0.2, 0) is 4.79 Å². The molecule has 0 unspecified atom stereocenters. The van der Waals surface area contributed by atoms with Crippen molar-refractivity contribution in [2.75, 3.05) is 11.4 Å². The maximum Gasteiger partial charge on any atom is 0.299 e. The lowest BCUT2D eigenvalue weighted by Gasteiger charge is -2.19. The van der Waals surface area contributed by atoms with E-state index in [4.69, 9.17) is 0 Å². The number of carbonyl (C=O) groups is 2. The van der Waals surface area contributed by atoms with E-state index in [0.717, 1.165) is 0 Å². The number of rotatable bonds is 2. The number of Topliss-reactive ketones (excluding diaryl/α,β-unsaturated/α-hetero) is 1. The molecule has 0 bridgehead atoms. The molecular formula is C13H14FNO2. The van der Waals surface area contributed by atoms with Crippen molar-refractivity contribution in [2.45, 2.75) is 20.8 Å². The summed E-state index contributed by atoms with van der Waals surface area (Å²) >= 11 is 0. The number of nitrogens with zero attached hydrogens (tertiary/aromatic N) is 1. The maximum absolute atomic E-state index is 13.9. The van der Waals surface area contributed by atoms with E-state index in [1.54, 1.807) is 13.0 Å². The van der Waals surface area contributed by atoms with Crippen LogP contribution >= 0.6 is 0 Å². The zero-order valence-corrected chi connectivity index (χ0v) is 10.1. The number of amides is 1. The molecule has 1 heterocycles. The van der Waals surface area contributed by atoms with Crippen LogP contribution in [0.3, 0.4) is 0 Å². The zero-order chi connectivity index (χ0) is 12.7. The van der Waals surface area contributed by atoms with E-state index in [2.05, 4.69) is 0 Å². The lowest BCUT2D eigenvalue weighted by Crippen LogP contribution is -2.33. The van der Waals surface area contributed by atoms with Gasteiger partial charge in [-0.1, -0.05) is 13.8 Å². The summed E-state index contributed by atoms with van der Waals surface area (Å²) in [5.41, 5.74) is 0.973. The van der Waals surface area contributed by atoms with E-state index in [9.17, 15) is 14.0 Å². The normalized spacial score (nSPS) is 14.8. The number of hydrogen-bond donors (Lipinski definition) is 0. The fourth-order valence-electron chi connectivity index (χ4n) is 2.06. The van der Waals surface area contributed by atoms with Crippen LogP contribution in [0.4, 0.5) is 10.1 Å². The van der Waals surface area contributed by atoms with Gasteiger partial charge < -0.3 is 4.90 Å². The van der Waals surface area contributed by atoms with Gasteiger partial charge in [0.2, 0.25) is 0 Å². The Kier molecular flexibility index (Phi) is 2.73. The lowest BCUT2D eigenvalue weighted by atomic mass is 10.1. The van der Waals surface area contributed by atoms with E-state index in [1.807, 2.05) is 13.8 Å². The molecule has 0 aromatic heterocycles. The number of ketones is 1. The Morgan fingerprint density at radius 3 is 2.53 bits per heavy atom. The van der Waals surface area contributed by atoms with Gasteiger partial charge in [-0.05, 0) is 30.5 Å². The van der Waals surface area contributed by atoms with Crippen LogP contribution in [0.25, 0.3) is 0 Å². The van der Waals surface area contributed by atoms with Crippen molar-refractivity contribution in [1.29, 1.82) is 0 Å². The van der Waals surface area contributed by atoms with Crippen LogP contribution in [0.15, 0.2) is 12.1 Å². The quantitative estimate of drug-likeness (QED) is 0.738. The largest absolute Gasteiger partial charge is 0.302 e. The molecule has 0 saturated heterocycles. The van der Waals surface area contributed by atoms with Gasteiger partial charge in [-0.3, -0.25) is 9.59 Å². The lowest BCUT2D eigenvalue weighted by molar-refractivity contribution is -0.114. The van der Waals surface area contributed by atoms with Gasteiger partial charge in [0, 0.05) is 6.54 Å². The summed E-state index contributed by atoms with van der Waals surface area (Å²) in [6.07, 6.45) is 0. The number of aryl methyl sites for hydroxylation is 1. The average molecular weight is 235 g/mol. The second kappa shape index (κ2) is 3.95. The fraction of sp³-hybridized carbons (Fsp3) is 0.385. The Morgan fingerprint density at radius 1 is 1.29 bits per heavy atom. The van der Waals surface area contributed by atoms with Gasteiger partial charge in [-0.2, -0.15) is 0 Å². The van der Waals surface area contributed by atoms with E-state index < -0.39 is 17.5 Å². The third-order valence-corrected chi connectivity index (χ3v) is 2.71. The predicted molar refractivity (Wildman–Crippen MR) is 62.7 cm³/mol. The highest BCUT2D eigenvalue weighted by atomic mass is 19.1. The Bertz CT molecular complexity index is 508. The first-order valence-electron chi connectivity index (χ1n) is 5.58. The molecular weight excluding hydrogens is 221 g/mol. The minimum absolute atomic E-state index is 0.138. The molecule has 0 aliphatic carbocycles. The summed E-state index contributed by atoms with van der Waals surface area (Å²) in [5, 5.41) is 0. The molecule has 1 aromatic carbocycles. The van der Waals surface area contributed by atoms with Crippen molar-refractivity contribution in [3.8, 4) is 0 Å². The molecule has 3 nitrogen and oxygen atoms in total. The van der Waals surface area contributed by atoms with Gasteiger partial charge >= 0.3 is 0 Å². The number of benzene rings is 1. The van der Waals surface area contributed by atoms with E-state index in [0.29, 0.717) is 12.1 Å². The van der Waals surface area contributed by atoms with Crippen molar-refractivity contribution in [3.63, 3.8) is 0 Å². The van der Waals surface area contributed by atoms with Gasteiger partial charge in [-0.15, -0.1) is 0 Å². The Hall–Kier alpha value is -1.71. The van der Waals surface area contributed by atoms with Crippen LogP contribution in [-0.4, -0.2) is 18.2 Å². The highest BCUT2D eigenvalue weighted by Gasteiger charge is 2.38. The first-order valence-corrected chi connectivity index (χ1v) is 5.58. The molecule has 1 aromatic rings. The van der Waals surface area contributed by atoms with Gasteiger partial charge in [0.05, 0.1) is 11.3 Å². The maximum atomic E-state index is 13.9. The van der Waals surface area contributed by atoms with Gasteiger partial charge in [0.15, 0.2) is 0 Å². The van der Waals surface area contributed by atoms with E-state index in [1.165, 1.54) is 11.0 Å². The SMILES string of the molecule is Cc1cc(F)c2c(c1)C(=O)C(=O)N2CC(C)C. The Balaban J connectivity index is 2.56. The molecule has 17 heavy (non-hydrogen) atoms. The summed E-state index contributed by atoms with van der Waals surface area (Å²) in [4.78, 5) is 24.8. The van der Waals surface area contributed by atoms with Gasteiger partial charge in [0.25, 0.3) is 11.7 Å². The number of carbonyl (C=O) groups excluding carboxylic acids is 2. The number of halogens is 1. The molecule has 90 valence electrons. The summed E-state index contributed by atoms with van der Waals surface area (Å²) in [7, 11) is 0. The van der Waals surface area contributed by atoms with Crippen LogP contribution < -0.4 is 4.90 Å². The summed E-state index contributed by atoms with van der Waals surface area (Å²) < 4.78 is 13.9. The molecule has 0 atom stereocenters. The monoisotopic (exact) mass is 235 g/mol. The Morgan fingerprint density at radius 2 is 1.94 bits per heavy atom. The molecule has 1 aliphatic rings. The number of hydrogen-bond acceptors (Lipinski definition) is 2. The molecule has 2 rings (SSSR count). The minimum atomic E-state index is -0.627. The third-order valence-electron chi connectivity index (χ3n) is 2.71. The predicted octanol–water partition coefficient (Wildman–Crippen LogP) is 2.32. The van der Waals surface area contributed by atoms with Crippen LogP contribution in [0.2, 0.25) is 0 Å². The van der Waals surface area contributed by atoms with E-state index >= 15 is 0 Å². The summed E-state index contributed by atoms with van der Waals surface area (Å²) in [6.45, 7) is 5.90. The molecule has 4 heteroatoms. The van der Waals surface area contributed by atoms with E-state index in [-0.39, 0.29) is 17.2 Å². The molecule has 1 aliphatic heterocycles. The second-order valence-electron chi connectivity index (χ2n) is 4.78. The van der Waals surface area contributed by atoms with Crippen LogP contribution in [0.5, 0.6) is 0 Å². The van der Waals surface area contributed by atoms with Gasteiger partial charge in [0.1, 0.15) is 5.82 Å². The molecule has 0 N–H and O–H groups in total. The first kappa shape index (κ1) is 11.8.